The first-order valence-corrected chi connectivity index (χ1v) is 5.26. The van der Waals surface area contributed by atoms with Crippen LogP contribution in [0.15, 0.2) is 29.2 Å². The molecule has 0 aliphatic rings. The van der Waals surface area contributed by atoms with Gasteiger partial charge in [-0.15, -0.1) is 11.8 Å². The zero-order valence-corrected chi connectivity index (χ0v) is 8.66. The fourth-order valence-electron chi connectivity index (χ4n) is 0.836. The van der Waals surface area contributed by atoms with Crippen LogP contribution in [0.5, 0.6) is 0 Å². The second kappa shape index (κ2) is 5.14. The predicted molar refractivity (Wildman–Crippen MR) is 58.7 cm³/mol. The van der Waals surface area contributed by atoms with Crippen LogP contribution in [0.1, 0.15) is 6.42 Å². The molecule has 0 atom stereocenters. The average Bonchev–Trinajstić information content (AvgIpc) is 2.03. The van der Waals surface area contributed by atoms with Gasteiger partial charge in [-0.2, -0.15) is 0 Å². The first kappa shape index (κ1) is 10.4. The highest BCUT2D eigenvalue weighted by Gasteiger charge is 1.95. The maximum Gasteiger partial charge on any atom is 0.0913 e. The molecular weight excluding hydrogens is 204 g/mol. The van der Waals surface area contributed by atoms with Gasteiger partial charge in [0.1, 0.15) is 0 Å². The van der Waals surface area contributed by atoms with E-state index in [1.54, 1.807) is 11.8 Å². The zero-order valence-electron chi connectivity index (χ0n) is 7.09. The number of nitrogens with one attached hydrogen (secondary N) is 1. The summed E-state index contributed by atoms with van der Waals surface area (Å²) in [6.07, 6.45) is 0.622. The molecule has 0 saturated carbocycles. The van der Waals surface area contributed by atoms with E-state index in [4.69, 9.17) is 22.7 Å². The number of benzene rings is 1. The molecule has 0 unspecified atom stereocenters. The molecule has 2 nitrogen and oxygen atoms in total. The molecule has 1 aromatic rings. The molecule has 0 bridgehead atoms. The first-order chi connectivity index (χ1) is 6.18. The van der Waals surface area contributed by atoms with Crippen LogP contribution >= 0.6 is 23.4 Å². The summed E-state index contributed by atoms with van der Waals surface area (Å²) in [5, 5.41) is 7.78. The summed E-state index contributed by atoms with van der Waals surface area (Å²) in [4.78, 5) is 1.12. The summed E-state index contributed by atoms with van der Waals surface area (Å²) in [6.45, 7) is 0. The van der Waals surface area contributed by atoms with E-state index in [1.165, 1.54) is 0 Å². The zero-order chi connectivity index (χ0) is 9.68. The molecule has 0 saturated heterocycles. The molecule has 0 fully saturated rings. The highest BCUT2D eigenvalue weighted by Crippen LogP contribution is 2.21. The molecule has 4 heteroatoms. The van der Waals surface area contributed by atoms with E-state index in [9.17, 15) is 0 Å². The number of halogens is 1. The van der Waals surface area contributed by atoms with Gasteiger partial charge >= 0.3 is 0 Å². The number of thioether (sulfide) groups is 1. The van der Waals surface area contributed by atoms with Crippen LogP contribution < -0.4 is 5.73 Å². The number of hydrogen-bond acceptors (Lipinski definition) is 2. The van der Waals surface area contributed by atoms with Crippen molar-refractivity contribution in [1.29, 1.82) is 5.41 Å². The summed E-state index contributed by atoms with van der Waals surface area (Å²) in [5.74, 6) is 1.06. The van der Waals surface area contributed by atoms with Gasteiger partial charge in [0.25, 0.3) is 0 Å². The Labute approximate surface area is 87.0 Å². The van der Waals surface area contributed by atoms with E-state index in [0.29, 0.717) is 6.42 Å². The lowest BCUT2D eigenvalue weighted by Gasteiger charge is -2.00. The third-order valence-electron chi connectivity index (χ3n) is 1.44. The smallest absolute Gasteiger partial charge is 0.0913 e. The molecule has 13 heavy (non-hydrogen) atoms. The number of rotatable bonds is 4. The quantitative estimate of drug-likeness (QED) is 0.460. The van der Waals surface area contributed by atoms with Crippen LogP contribution in [0.25, 0.3) is 0 Å². The van der Waals surface area contributed by atoms with Crippen molar-refractivity contribution in [2.75, 3.05) is 5.75 Å². The summed E-state index contributed by atoms with van der Waals surface area (Å²) >= 11 is 7.46. The van der Waals surface area contributed by atoms with Crippen LogP contribution in [0.4, 0.5) is 0 Å². The van der Waals surface area contributed by atoms with E-state index in [1.807, 2.05) is 24.3 Å². The van der Waals surface area contributed by atoms with Gasteiger partial charge in [-0.3, -0.25) is 5.41 Å². The van der Waals surface area contributed by atoms with Crippen LogP contribution in [-0.2, 0) is 0 Å². The van der Waals surface area contributed by atoms with Gasteiger partial charge in [0.2, 0.25) is 0 Å². The van der Waals surface area contributed by atoms with Crippen molar-refractivity contribution in [3.05, 3.63) is 29.3 Å². The minimum atomic E-state index is 0.231. The van der Waals surface area contributed by atoms with Gasteiger partial charge in [-0.25, -0.2) is 0 Å². The van der Waals surface area contributed by atoms with E-state index in [-0.39, 0.29) is 5.84 Å². The van der Waals surface area contributed by atoms with Crippen molar-refractivity contribution in [2.45, 2.75) is 11.3 Å². The molecule has 0 radical (unpaired) electrons. The Bertz CT molecular complexity index is 301. The fraction of sp³-hybridized carbons (Fsp3) is 0.222. The molecule has 0 aliphatic carbocycles. The molecular formula is C9H11ClN2S. The molecule has 0 aromatic heterocycles. The lowest BCUT2D eigenvalue weighted by molar-refractivity contribution is 1.22. The highest BCUT2D eigenvalue weighted by molar-refractivity contribution is 7.99. The number of hydrogen-bond donors (Lipinski definition) is 2. The third-order valence-corrected chi connectivity index (χ3v) is 2.67. The van der Waals surface area contributed by atoms with Gasteiger partial charge in [-0.1, -0.05) is 17.7 Å². The lowest BCUT2D eigenvalue weighted by atomic mass is 10.4. The average molecular weight is 215 g/mol. The van der Waals surface area contributed by atoms with Crippen LogP contribution in [-0.4, -0.2) is 11.6 Å². The van der Waals surface area contributed by atoms with Crippen molar-refractivity contribution < 1.29 is 0 Å². The van der Waals surface area contributed by atoms with Crippen molar-refractivity contribution in [1.82, 2.24) is 0 Å². The van der Waals surface area contributed by atoms with Crippen LogP contribution in [0.2, 0.25) is 5.02 Å². The Balaban J connectivity index is 2.41. The maximum absolute atomic E-state index is 7.04. The third kappa shape index (κ3) is 4.20. The van der Waals surface area contributed by atoms with E-state index >= 15 is 0 Å². The second-order valence-electron chi connectivity index (χ2n) is 2.58. The van der Waals surface area contributed by atoms with Crippen LogP contribution in [0, 0.1) is 5.41 Å². The number of nitrogens with two attached hydrogens (primary N) is 1. The second-order valence-corrected chi connectivity index (χ2v) is 4.19. The Morgan fingerprint density at radius 2 is 2.31 bits per heavy atom. The standard InChI is InChI=1S/C9H11ClN2S/c10-7-2-1-3-8(6-7)13-5-4-9(11)12/h1-3,6H,4-5H2,(H3,11,12). The molecule has 1 aromatic carbocycles. The molecule has 70 valence electrons. The van der Waals surface area contributed by atoms with E-state index < -0.39 is 0 Å². The van der Waals surface area contributed by atoms with Gasteiger partial charge in [0.15, 0.2) is 0 Å². The minimum Gasteiger partial charge on any atom is -0.388 e. The fourth-order valence-corrected chi connectivity index (χ4v) is 2.03. The molecule has 0 heterocycles. The van der Waals surface area contributed by atoms with Crippen molar-refractivity contribution in [3.63, 3.8) is 0 Å². The van der Waals surface area contributed by atoms with Gasteiger partial charge < -0.3 is 5.73 Å². The highest BCUT2D eigenvalue weighted by atomic mass is 35.5. The molecule has 1 rings (SSSR count). The molecule has 3 N–H and O–H groups in total. The Morgan fingerprint density at radius 1 is 1.54 bits per heavy atom. The SMILES string of the molecule is N=C(N)CCSc1cccc(Cl)c1. The van der Waals surface area contributed by atoms with Gasteiger partial charge in [0, 0.05) is 22.1 Å². The van der Waals surface area contributed by atoms with Crippen molar-refractivity contribution >= 4 is 29.2 Å². The lowest BCUT2D eigenvalue weighted by Crippen LogP contribution is -2.09. The molecule has 0 spiro atoms. The predicted octanol–water partition coefficient (Wildman–Crippen LogP) is 2.76. The summed E-state index contributed by atoms with van der Waals surface area (Å²) in [6, 6.07) is 7.66. The normalized spacial score (nSPS) is 9.92. The topological polar surface area (TPSA) is 49.9 Å². The van der Waals surface area contributed by atoms with Crippen molar-refractivity contribution in [2.24, 2.45) is 5.73 Å². The van der Waals surface area contributed by atoms with Crippen LogP contribution in [0.3, 0.4) is 0 Å². The Kier molecular flexibility index (Phi) is 4.12. The van der Waals surface area contributed by atoms with Gasteiger partial charge in [0.05, 0.1) is 5.84 Å². The largest absolute Gasteiger partial charge is 0.388 e. The summed E-state index contributed by atoms with van der Waals surface area (Å²) < 4.78 is 0. The monoisotopic (exact) mass is 214 g/mol. The molecule has 0 aliphatic heterocycles. The number of amidine groups is 1. The minimum absolute atomic E-state index is 0.231. The Hall–Kier alpha value is -0.670. The molecule has 0 amide bonds. The maximum atomic E-state index is 7.04. The van der Waals surface area contributed by atoms with E-state index in [0.717, 1.165) is 15.7 Å². The van der Waals surface area contributed by atoms with Crippen molar-refractivity contribution in [3.8, 4) is 0 Å². The van der Waals surface area contributed by atoms with Gasteiger partial charge in [-0.05, 0) is 18.2 Å². The Morgan fingerprint density at radius 3 is 2.92 bits per heavy atom. The summed E-state index contributed by atoms with van der Waals surface area (Å²) in [5.41, 5.74) is 5.23. The first-order valence-electron chi connectivity index (χ1n) is 3.90. The summed E-state index contributed by atoms with van der Waals surface area (Å²) in [7, 11) is 0. The van der Waals surface area contributed by atoms with E-state index in [2.05, 4.69) is 0 Å².